The van der Waals surface area contributed by atoms with Crippen molar-refractivity contribution in [1.82, 2.24) is 5.32 Å². The smallest absolute Gasteiger partial charge is 0.0443 e. The SMILES string of the molecule is CCCc1ccccc1-c1ccc(C(NCC)C2CC2)s1. The van der Waals surface area contributed by atoms with Crippen LogP contribution in [0.4, 0.5) is 0 Å². The Morgan fingerprint density at radius 3 is 2.67 bits per heavy atom. The molecule has 1 aromatic heterocycles. The van der Waals surface area contributed by atoms with E-state index in [9.17, 15) is 0 Å². The second kappa shape index (κ2) is 6.76. The van der Waals surface area contributed by atoms with Crippen LogP contribution in [0, 0.1) is 5.92 Å². The van der Waals surface area contributed by atoms with Crippen LogP contribution in [0.15, 0.2) is 36.4 Å². The first-order valence-corrected chi connectivity index (χ1v) is 9.06. The van der Waals surface area contributed by atoms with Crippen molar-refractivity contribution in [2.75, 3.05) is 6.54 Å². The minimum Gasteiger partial charge on any atom is -0.309 e. The Hall–Kier alpha value is -1.12. The van der Waals surface area contributed by atoms with E-state index in [0.29, 0.717) is 6.04 Å². The lowest BCUT2D eigenvalue weighted by Crippen LogP contribution is -2.21. The highest BCUT2D eigenvalue weighted by Crippen LogP contribution is 2.44. The number of aryl methyl sites for hydroxylation is 1. The number of thiophene rings is 1. The van der Waals surface area contributed by atoms with Crippen molar-refractivity contribution in [3.05, 3.63) is 46.8 Å². The molecule has 0 amide bonds. The lowest BCUT2D eigenvalue weighted by molar-refractivity contribution is 0.504. The normalized spacial score (nSPS) is 16.1. The Bertz CT molecular complexity index is 583. The Morgan fingerprint density at radius 1 is 1.14 bits per heavy atom. The van der Waals surface area contributed by atoms with E-state index in [-0.39, 0.29) is 0 Å². The highest BCUT2D eigenvalue weighted by Gasteiger charge is 2.32. The van der Waals surface area contributed by atoms with Gasteiger partial charge in [0.15, 0.2) is 0 Å². The predicted octanol–water partition coefficient (Wildman–Crippen LogP) is 5.43. The summed E-state index contributed by atoms with van der Waals surface area (Å²) in [5, 5.41) is 3.68. The maximum absolute atomic E-state index is 3.68. The first kappa shape index (κ1) is 14.8. The molecule has 2 heteroatoms. The van der Waals surface area contributed by atoms with E-state index in [4.69, 9.17) is 0 Å². The van der Waals surface area contributed by atoms with Crippen molar-refractivity contribution in [1.29, 1.82) is 0 Å². The molecular weight excluding hydrogens is 274 g/mol. The van der Waals surface area contributed by atoms with Gasteiger partial charge in [-0.1, -0.05) is 44.5 Å². The molecule has 1 unspecified atom stereocenters. The van der Waals surface area contributed by atoms with E-state index in [0.717, 1.165) is 12.5 Å². The maximum atomic E-state index is 3.68. The fourth-order valence-electron chi connectivity index (χ4n) is 3.06. The van der Waals surface area contributed by atoms with Gasteiger partial charge in [-0.05, 0) is 55.0 Å². The molecule has 1 aromatic carbocycles. The third-order valence-electron chi connectivity index (χ3n) is 4.25. The van der Waals surface area contributed by atoms with Crippen LogP contribution in [-0.4, -0.2) is 6.54 Å². The van der Waals surface area contributed by atoms with Crippen LogP contribution in [0.1, 0.15) is 49.6 Å². The van der Waals surface area contributed by atoms with Gasteiger partial charge in [0.05, 0.1) is 0 Å². The molecule has 1 fully saturated rings. The summed E-state index contributed by atoms with van der Waals surface area (Å²) in [5.41, 5.74) is 2.92. The number of benzene rings is 1. The molecule has 21 heavy (non-hydrogen) atoms. The van der Waals surface area contributed by atoms with E-state index < -0.39 is 0 Å². The zero-order chi connectivity index (χ0) is 14.7. The molecule has 1 atom stereocenters. The molecule has 3 rings (SSSR count). The Labute approximate surface area is 132 Å². The van der Waals surface area contributed by atoms with Crippen molar-refractivity contribution in [3.8, 4) is 10.4 Å². The zero-order valence-corrected chi connectivity index (χ0v) is 13.9. The molecule has 0 spiro atoms. The summed E-state index contributed by atoms with van der Waals surface area (Å²) in [6, 6.07) is 14.1. The summed E-state index contributed by atoms with van der Waals surface area (Å²) in [6.07, 6.45) is 5.15. The lowest BCUT2D eigenvalue weighted by atomic mass is 10.0. The molecule has 1 aliphatic rings. The Kier molecular flexibility index (Phi) is 4.77. The summed E-state index contributed by atoms with van der Waals surface area (Å²) in [5.74, 6) is 0.863. The van der Waals surface area contributed by atoms with Crippen LogP contribution in [0.3, 0.4) is 0 Å². The van der Waals surface area contributed by atoms with Gasteiger partial charge in [0.2, 0.25) is 0 Å². The average molecular weight is 299 g/mol. The van der Waals surface area contributed by atoms with Gasteiger partial charge in [0.25, 0.3) is 0 Å². The molecule has 2 aromatic rings. The second-order valence-corrected chi connectivity index (χ2v) is 7.10. The highest BCUT2D eigenvalue weighted by atomic mass is 32.1. The summed E-state index contributed by atoms with van der Waals surface area (Å²) in [7, 11) is 0. The van der Waals surface area contributed by atoms with Crippen LogP contribution < -0.4 is 5.32 Å². The fourth-order valence-corrected chi connectivity index (χ4v) is 4.30. The van der Waals surface area contributed by atoms with Crippen LogP contribution in [-0.2, 0) is 6.42 Å². The summed E-state index contributed by atoms with van der Waals surface area (Å²) in [6.45, 7) is 5.52. The van der Waals surface area contributed by atoms with Gasteiger partial charge in [0.1, 0.15) is 0 Å². The molecule has 1 saturated carbocycles. The minimum atomic E-state index is 0.576. The molecular formula is C19H25NS. The molecule has 1 heterocycles. The van der Waals surface area contributed by atoms with Crippen LogP contribution >= 0.6 is 11.3 Å². The van der Waals surface area contributed by atoms with Crippen molar-refractivity contribution in [2.45, 2.75) is 45.6 Å². The Balaban J connectivity index is 1.87. The summed E-state index contributed by atoms with van der Waals surface area (Å²) >= 11 is 1.98. The van der Waals surface area contributed by atoms with Gasteiger partial charge < -0.3 is 5.32 Å². The van der Waals surface area contributed by atoms with E-state index >= 15 is 0 Å². The van der Waals surface area contributed by atoms with Crippen molar-refractivity contribution >= 4 is 11.3 Å². The fraction of sp³-hybridized carbons (Fsp3) is 0.474. The molecule has 112 valence electrons. The number of nitrogens with one attached hydrogen (secondary N) is 1. The van der Waals surface area contributed by atoms with Crippen LogP contribution in [0.2, 0.25) is 0 Å². The van der Waals surface area contributed by atoms with Crippen molar-refractivity contribution < 1.29 is 0 Å². The largest absolute Gasteiger partial charge is 0.309 e. The predicted molar refractivity (Wildman–Crippen MR) is 92.9 cm³/mol. The van der Waals surface area contributed by atoms with E-state index in [1.807, 2.05) is 11.3 Å². The highest BCUT2D eigenvalue weighted by molar-refractivity contribution is 7.15. The van der Waals surface area contributed by atoms with Crippen molar-refractivity contribution in [2.24, 2.45) is 5.92 Å². The minimum absolute atomic E-state index is 0.576. The summed E-state index contributed by atoms with van der Waals surface area (Å²) < 4.78 is 0. The van der Waals surface area contributed by atoms with Gasteiger partial charge in [-0.2, -0.15) is 0 Å². The van der Waals surface area contributed by atoms with Crippen LogP contribution in [0.25, 0.3) is 10.4 Å². The molecule has 1 aliphatic carbocycles. The van der Waals surface area contributed by atoms with E-state index in [2.05, 4.69) is 55.6 Å². The average Bonchev–Trinajstić information content (AvgIpc) is 3.23. The van der Waals surface area contributed by atoms with Gasteiger partial charge in [-0.15, -0.1) is 11.3 Å². The number of rotatable bonds is 7. The zero-order valence-electron chi connectivity index (χ0n) is 13.1. The molecule has 0 bridgehead atoms. The third kappa shape index (κ3) is 3.38. The summed E-state index contributed by atoms with van der Waals surface area (Å²) in [4.78, 5) is 2.94. The third-order valence-corrected chi connectivity index (χ3v) is 5.45. The topological polar surface area (TPSA) is 12.0 Å². The Morgan fingerprint density at radius 2 is 1.95 bits per heavy atom. The first-order valence-electron chi connectivity index (χ1n) is 8.24. The van der Waals surface area contributed by atoms with Gasteiger partial charge in [0, 0.05) is 15.8 Å². The van der Waals surface area contributed by atoms with Gasteiger partial charge in [-0.25, -0.2) is 0 Å². The quantitative estimate of drug-likeness (QED) is 0.719. The van der Waals surface area contributed by atoms with E-state index in [1.165, 1.54) is 46.6 Å². The molecule has 1 N–H and O–H groups in total. The maximum Gasteiger partial charge on any atom is 0.0443 e. The van der Waals surface area contributed by atoms with E-state index in [1.54, 1.807) is 0 Å². The van der Waals surface area contributed by atoms with Crippen molar-refractivity contribution in [3.63, 3.8) is 0 Å². The lowest BCUT2D eigenvalue weighted by Gasteiger charge is -2.15. The van der Waals surface area contributed by atoms with Crippen LogP contribution in [0.5, 0.6) is 0 Å². The molecule has 1 nitrogen and oxygen atoms in total. The number of hydrogen-bond donors (Lipinski definition) is 1. The monoisotopic (exact) mass is 299 g/mol. The molecule has 0 aliphatic heterocycles. The first-order chi connectivity index (χ1) is 10.3. The second-order valence-electron chi connectivity index (χ2n) is 5.98. The molecule has 0 saturated heterocycles. The number of hydrogen-bond acceptors (Lipinski definition) is 2. The van der Waals surface area contributed by atoms with Gasteiger partial charge in [-0.3, -0.25) is 0 Å². The standard InChI is InChI=1S/C19H25NS/c1-3-7-14-8-5-6-9-16(14)17-12-13-18(21-17)19(20-4-2)15-10-11-15/h5-6,8-9,12-13,15,19-20H,3-4,7,10-11H2,1-2H3. The molecule has 0 radical (unpaired) electrons. The van der Waals surface area contributed by atoms with Gasteiger partial charge >= 0.3 is 0 Å².